The van der Waals surface area contributed by atoms with E-state index in [1.807, 2.05) is 13.8 Å². The van der Waals surface area contributed by atoms with Crippen molar-refractivity contribution in [3.05, 3.63) is 18.3 Å². The monoisotopic (exact) mass is 387 g/mol. The molecule has 0 aliphatic rings. The van der Waals surface area contributed by atoms with Crippen molar-refractivity contribution in [2.24, 2.45) is 5.92 Å². The number of amides is 1. The summed E-state index contributed by atoms with van der Waals surface area (Å²) in [6, 6.07) is 0. The normalized spacial score (nSPS) is 13.3. The molecule has 0 radical (unpaired) electrons. The summed E-state index contributed by atoms with van der Waals surface area (Å²) in [5.74, 6) is -0.274. The molecule has 0 unspecified atom stereocenters. The lowest BCUT2D eigenvalue weighted by Crippen LogP contribution is -2.26. The molecule has 1 atom stereocenters. The number of nitrogens with one attached hydrogen (secondary N) is 1. The first-order valence-corrected chi connectivity index (χ1v) is 9.71. The molecule has 0 saturated carbocycles. The van der Waals surface area contributed by atoms with Crippen molar-refractivity contribution in [2.75, 3.05) is 13.0 Å². The number of imidazole rings is 1. The molecule has 26 heavy (non-hydrogen) atoms. The minimum atomic E-state index is -4.24. The van der Waals surface area contributed by atoms with Crippen molar-refractivity contribution in [2.45, 2.75) is 33.4 Å². The van der Waals surface area contributed by atoms with Gasteiger partial charge in [0.2, 0.25) is 0 Å². The molecule has 0 fully saturated rings. The first-order valence-electron chi connectivity index (χ1n) is 7.91. The van der Waals surface area contributed by atoms with Crippen LogP contribution in [-0.2, 0) is 20.7 Å². The quantitative estimate of drug-likeness (QED) is 0.417. The zero-order chi connectivity index (χ0) is 19.3. The van der Waals surface area contributed by atoms with E-state index in [0.717, 1.165) is 0 Å². The molecule has 0 bridgehead atoms. The summed E-state index contributed by atoms with van der Waals surface area (Å²) in [6.07, 6.45) is 1.53. The van der Waals surface area contributed by atoms with Gasteiger partial charge < -0.3 is 19.1 Å². The van der Waals surface area contributed by atoms with E-state index < -0.39 is 26.0 Å². The molecular formula is C14H22N5O6P. The lowest BCUT2D eigenvalue weighted by atomic mass is 10.2. The van der Waals surface area contributed by atoms with Crippen molar-refractivity contribution in [3.63, 3.8) is 0 Å². The van der Waals surface area contributed by atoms with Gasteiger partial charge in [0.25, 0.3) is 5.91 Å². The smallest absolute Gasteiger partial charge is 0.350 e. The summed E-state index contributed by atoms with van der Waals surface area (Å²) >= 11 is 0. The van der Waals surface area contributed by atoms with E-state index in [9.17, 15) is 9.36 Å². The number of rotatable bonds is 9. The Morgan fingerprint density at radius 3 is 2.69 bits per heavy atom. The standard InChI is InChI=1S/C14H22N5O6P/c1-9(2)5-25-18-14(20)12-11-13(16-6-15-12)19(7-17-11)4-10(3)24-8-26(21,22)23/h6-7,9-10H,4-5,8H2,1-3H3,(H,18,20)(H2,21,22,23)/t10-/m1/s1. The summed E-state index contributed by atoms with van der Waals surface area (Å²) in [4.78, 5) is 47.2. The second-order valence-electron chi connectivity index (χ2n) is 6.20. The number of carbonyl (C=O) groups excluding carboxylic acids is 1. The average molecular weight is 387 g/mol. The fraction of sp³-hybridized carbons (Fsp3) is 0.571. The zero-order valence-corrected chi connectivity index (χ0v) is 15.6. The Hall–Kier alpha value is -1.91. The highest BCUT2D eigenvalue weighted by Crippen LogP contribution is 2.34. The summed E-state index contributed by atoms with van der Waals surface area (Å²) in [6.45, 7) is 6.18. The van der Waals surface area contributed by atoms with Crippen LogP contribution in [0.2, 0.25) is 0 Å². The Labute approximate surface area is 149 Å². The van der Waals surface area contributed by atoms with E-state index in [0.29, 0.717) is 17.8 Å². The number of ether oxygens (including phenoxy) is 1. The van der Waals surface area contributed by atoms with Gasteiger partial charge in [-0.25, -0.2) is 20.4 Å². The van der Waals surface area contributed by atoms with E-state index in [1.54, 1.807) is 11.5 Å². The number of hydroxylamine groups is 1. The average Bonchev–Trinajstić information content (AvgIpc) is 2.95. The van der Waals surface area contributed by atoms with E-state index >= 15 is 0 Å². The summed E-state index contributed by atoms with van der Waals surface area (Å²) < 4.78 is 17.6. The van der Waals surface area contributed by atoms with Gasteiger partial charge in [0.05, 0.1) is 25.6 Å². The second kappa shape index (κ2) is 8.65. The molecule has 0 aliphatic carbocycles. The SMILES string of the molecule is CC(C)CONC(=O)c1ncnc2c1ncn2C[C@@H](C)OCP(=O)(O)O. The van der Waals surface area contributed by atoms with E-state index in [1.165, 1.54) is 12.7 Å². The maximum atomic E-state index is 12.2. The highest BCUT2D eigenvalue weighted by molar-refractivity contribution is 7.51. The number of hydrogen-bond donors (Lipinski definition) is 3. The van der Waals surface area contributed by atoms with Gasteiger partial charge in [-0.3, -0.25) is 14.2 Å². The van der Waals surface area contributed by atoms with Crippen LogP contribution in [-0.4, -0.2) is 54.3 Å². The van der Waals surface area contributed by atoms with Gasteiger partial charge in [0.15, 0.2) is 11.3 Å². The molecule has 11 nitrogen and oxygen atoms in total. The predicted octanol–water partition coefficient (Wildman–Crippen LogP) is 0.684. The Balaban J connectivity index is 2.10. The molecule has 0 aliphatic heterocycles. The third-order valence-corrected chi connectivity index (χ3v) is 3.66. The van der Waals surface area contributed by atoms with Crippen LogP contribution in [0, 0.1) is 5.92 Å². The van der Waals surface area contributed by atoms with Gasteiger partial charge in [-0.1, -0.05) is 13.8 Å². The van der Waals surface area contributed by atoms with Crippen LogP contribution in [0.25, 0.3) is 11.2 Å². The molecule has 0 aromatic carbocycles. The van der Waals surface area contributed by atoms with Crippen molar-refractivity contribution in [1.82, 2.24) is 25.0 Å². The minimum absolute atomic E-state index is 0.0706. The maximum Gasteiger partial charge on any atom is 0.350 e. The van der Waals surface area contributed by atoms with Gasteiger partial charge >= 0.3 is 7.60 Å². The fourth-order valence-electron chi connectivity index (χ4n) is 2.06. The number of hydrogen-bond acceptors (Lipinski definition) is 7. The van der Waals surface area contributed by atoms with Crippen LogP contribution in [0.4, 0.5) is 0 Å². The molecule has 1 amide bonds. The molecule has 0 spiro atoms. The van der Waals surface area contributed by atoms with Crippen LogP contribution in [0.3, 0.4) is 0 Å². The van der Waals surface area contributed by atoms with Gasteiger partial charge in [-0.05, 0) is 12.8 Å². The lowest BCUT2D eigenvalue weighted by molar-refractivity contribution is 0.0206. The van der Waals surface area contributed by atoms with Gasteiger partial charge in [-0.2, -0.15) is 0 Å². The van der Waals surface area contributed by atoms with E-state index in [4.69, 9.17) is 19.4 Å². The maximum absolute atomic E-state index is 12.2. The van der Waals surface area contributed by atoms with Gasteiger partial charge in [0.1, 0.15) is 18.2 Å². The number of fused-ring (bicyclic) bond motifs is 1. The molecule has 0 saturated heterocycles. The molecule has 2 aromatic heterocycles. The van der Waals surface area contributed by atoms with Crippen molar-refractivity contribution < 1.29 is 28.7 Å². The van der Waals surface area contributed by atoms with Crippen LogP contribution in [0.1, 0.15) is 31.3 Å². The summed E-state index contributed by atoms with van der Waals surface area (Å²) in [5, 5.41) is 0. The largest absolute Gasteiger partial charge is 0.364 e. The molecule has 144 valence electrons. The zero-order valence-electron chi connectivity index (χ0n) is 14.7. The fourth-order valence-corrected chi connectivity index (χ4v) is 2.51. The Kier molecular flexibility index (Phi) is 6.79. The predicted molar refractivity (Wildman–Crippen MR) is 91.0 cm³/mol. The van der Waals surface area contributed by atoms with E-state index in [2.05, 4.69) is 20.4 Å². The third kappa shape index (κ3) is 5.82. The van der Waals surface area contributed by atoms with Crippen LogP contribution in [0.15, 0.2) is 12.7 Å². The topological polar surface area (TPSA) is 149 Å². The summed E-state index contributed by atoms with van der Waals surface area (Å²) in [5.41, 5.74) is 3.09. The second-order valence-corrected chi connectivity index (χ2v) is 7.79. The first kappa shape index (κ1) is 20.4. The molecule has 2 heterocycles. The van der Waals surface area contributed by atoms with Crippen LogP contribution in [0.5, 0.6) is 0 Å². The van der Waals surface area contributed by atoms with Crippen molar-refractivity contribution in [1.29, 1.82) is 0 Å². The third-order valence-electron chi connectivity index (χ3n) is 3.18. The molecule has 12 heteroatoms. The molecule has 2 aromatic rings. The number of aromatic nitrogens is 4. The molecular weight excluding hydrogens is 365 g/mol. The number of nitrogens with zero attached hydrogens (tertiary/aromatic N) is 4. The number of carbonyl (C=O) groups is 1. The Morgan fingerprint density at radius 2 is 2.04 bits per heavy atom. The Morgan fingerprint density at radius 1 is 1.31 bits per heavy atom. The van der Waals surface area contributed by atoms with Crippen LogP contribution < -0.4 is 5.48 Å². The first-order chi connectivity index (χ1) is 12.2. The lowest BCUT2D eigenvalue weighted by Gasteiger charge is -2.14. The highest BCUT2D eigenvalue weighted by atomic mass is 31.2. The minimum Gasteiger partial charge on any atom is -0.364 e. The summed E-state index contributed by atoms with van der Waals surface area (Å²) in [7, 11) is -4.24. The Bertz CT molecular complexity index is 804. The van der Waals surface area contributed by atoms with Gasteiger partial charge in [-0.15, -0.1) is 0 Å². The molecule has 3 N–H and O–H groups in total. The van der Waals surface area contributed by atoms with Crippen molar-refractivity contribution in [3.8, 4) is 0 Å². The van der Waals surface area contributed by atoms with Gasteiger partial charge in [0, 0.05) is 0 Å². The highest BCUT2D eigenvalue weighted by Gasteiger charge is 2.19. The van der Waals surface area contributed by atoms with Crippen LogP contribution >= 0.6 is 7.60 Å². The van der Waals surface area contributed by atoms with E-state index in [-0.39, 0.29) is 18.2 Å². The van der Waals surface area contributed by atoms with Crippen molar-refractivity contribution >= 4 is 24.7 Å². The molecule has 2 rings (SSSR count).